The van der Waals surface area contributed by atoms with Crippen LogP contribution in [-0.4, -0.2) is 20.1 Å². The van der Waals surface area contributed by atoms with Crippen LogP contribution in [0, 0.1) is 6.92 Å². The minimum Gasteiger partial charge on any atom is -0.385 e. The number of nitrogens with zero attached hydrogens (tertiary/aromatic N) is 3. The van der Waals surface area contributed by atoms with Gasteiger partial charge in [-0.1, -0.05) is 0 Å². The molecule has 0 saturated carbocycles. The van der Waals surface area contributed by atoms with Gasteiger partial charge in [0, 0.05) is 0 Å². The van der Waals surface area contributed by atoms with Crippen molar-refractivity contribution < 1.29 is 5.11 Å². The van der Waals surface area contributed by atoms with Crippen molar-refractivity contribution in [2.45, 2.75) is 6.10 Å². The van der Waals surface area contributed by atoms with Gasteiger partial charge in [-0.3, -0.25) is 0 Å². The molecule has 0 aliphatic rings. The van der Waals surface area contributed by atoms with E-state index in [9.17, 15) is 0 Å². The van der Waals surface area contributed by atoms with Crippen molar-refractivity contribution in [1.29, 1.82) is 0 Å². The lowest BCUT2D eigenvalue weighted by atomic mass is 10.4. The first-order valence-corrected chi connectivity index (χ1v) is 2.87. The van der Waals surface area contributed by atoms with E-state index in [0.717, 1.165) is 0 Å². The fourth-order valence-corrected chi connectivity index (χ4v) is 0.576. The molecular weight excluding hydrogens is 146 g/mol. The molecule has 0 aliphatic carbocycles. The van der Waals surface area contributed by atoms with Crippen LogP contribution in [0.1, 0.15) is 11.9 Å². The average Bonchev–Trinajstić information content (AvgIpc) is 1.85. The molecule has 1 rings (SSSR count). The number of aromatic nitrogens is 3. The van der Waals surface area contributed by atoms with Crippen LogP contribution >= 0.6 is 0 Å². The van der Waals surface area contributed by atoms with Crippen LogP contribution in [-0.2, 0) is 0 Å². The Morgan fingerprint density at radius 2 is 1.64 bits per heavy atom. The molecule has 1 atom stereocenters. The molecular formula is C5H8N5O. The van der Waals surface area contributed by atoms with Crippen molar-refractivity contribution in [3.8, 4) is 0 Å². The van der Waals surface area contributed by atoms with Gasteiger partial charge in [-0.2, -0.15) is 15.0 Å². The van der Waals surface area contributed by atoms with Gasteiger partial charge in [0.2, 0.25) is 11.9 Å². The Morgan fingerprint density at radius 3 is 2.00 bits per heavy atom. The summed E-state index contributed by atoms with van der Waals surface area (Å²) in [6.07, 6.45) is -1.03. The van der Waals surface area contributed by atoms with E-state index in [1.54, 1.807) is 0 Å². The van der Waals surface area contributed by atoms with Crippen LogP contribution < -0.4 is 11.5 Å². The van der Waals surface area contributed by atoms with Crippen molar-refractivity contribution >= 4 is 11.9 Å². The molecule has 0 spiro atoms. The van der Waals surface area contributed by atoms with E-state index in [1.807, 2.05) is 0 Å². The third kappa shape index (κ3) is 1.74. The number of hydrogen-bond acceptors (Lipinski definition) is 6. The van der Waals surface area contributed by atoms with Crippen LogP contribution in [0.2, 0.25) is 0 Å². The SMILES string of the molecule is [CH2]C(O)c1nc(N)nc(N)n1. The predicted molar refractivity (Wildman–Crippen MR) is 39.0 cm³/mol. The van der Waals surface area contributed by atoms with E-state index in [4.69, 9.17) is 16.6 Å². The Hall–Kier alpha value is -1.43. The first-order chi connectivity index (χ1) is 5.09. The van der Waals surface area contributed by atoms with E-state index < -0.39 is 6.10 Å². The topological polar surface area (TPSA) is 111 Å². The van der Waals surface area contributed by atoms with Crippen LogP contribution in [0.4, 0.5) is 11.9 Å². The zero-order valence-corrected chi connectivity index (χ0v) is 5.73. The Morgan fingerprint density at radius 1 is 1.18 bits per heavy atom. The Labute approximate surface area is 63.3 Å². The second kappa shape index (κ2) is 2.67. The summed E-state index contributed by atoms with van der Waals surface area (Å²) in [5, 5.41) is 8.90. The number of nitrogens with two attached hydrogens (primary N) is 2. The molecule has 1 aromatic rings. The lowest BCUT2D eigenvalue weighted by Crippen LogP contribution is -2.08. The van der Waals surface area contributed by atoms with Crippen molar-refractivity contribution in [3.63, 3.8) is 0 Å². The first kappa shape index (κ1) is 7.67. The standard InChI is InChI=1S/C5H8N5O/c1-2(11)3-8-4(6)10-5(7)9-3/h2,11H,1H2,(H4,6,7,8,9,10). The van der Waals surface area contributed by atoms with Gasteiger partial charge < -0.3 is 16.6 Å². The maximum absolute atomic E-state index is 8.90. The number of aliphatic hydroxyl groups is 1. The van der Waals surface area contributed by atoms with Gasteiger partial charge in [-0.15, -0.1) is 0 Å². The number of nitrogen functional groups attached to an aromatic ring is 2. The minimum absolute atomic E-state index is 0.0183. The van der Waals surface area contributed by atoms with E-state index >= 15 is 0 Å². The second-order valence-electron chi connectivity index (χ2n) is 1.93. The zero-order valence-electron chi connectivity index (χ0n) is 5.73. The third-order valence-electron chi connectivity index (χ3n) is 0.985. The molecule has 6 heteroatoms. The highest BCUT2D eigenvalue weighted by Crippen LogP contribution is 2.06. The van der Waals surface area contributed by atoms with Crippen molar-refractivity contribution in [2.24, 2.45) is 0 Å². The summed E-state index contributed by atoms with van der Waals surface area (Å²) >= 11 is 0. The highest BCUT2D eigenvalue weighted by Gasteiger charge is 2.06. The fourth-order valence-electron chi connectivity index (χ4n) is 0.576. The quantitative estimate of drug-likeness (QED) is 0.473. The number of anilines is 2. The van der Waals surface area contributed by atoms with Gasteiger partial charge in [0.15, 0.2) is 5.82 Å². The van der Waals surface area contributed by atoms with E-state index in [2.05, 4.69) is 21.9 Å². The maximum Gasteiger partial charge on any atom is 0.225 e. The number of rotatable bonds is 1. The number of hydrogen-bond donors (Lipinski definition) is 3. The monoisotopic (exact) mass is 154 g/mol. The lowest BCUT2D eigenvalue weighted by Gasteiger charge is -2.02. The molecule has 5 N–H and O–H groups in total. The summed E-state index contributed by atoms with van der Waals surface area (Å²) < 4.78 is 0. The molecule has 0 aromatic carbocycles. The van der Waals surface area contributed by atoms with Gasteiger partial charge in [0.1, 0.15) is 6.10 Å². The minimum atomic E-state index is -1.03. The van der Waals surface area contributed by atoms with Crippen LogP contribution in [0.25, 0.3) is 0 Å². The summed E-state index contributed by atoms with van der Waals surface area (Å²) in [6, 6.07) is 0. The summed E-state index contributed by atoms with van der Waals surface area (Å²) in [5.41, 5.74) is 10.4. The molecule has 11 heavy (non-hydrogen) atoms. The smallest absolute Gasteiger partial charge is 0.225 e. The molecule has 0 saturated heterocycles. The predicted octanol–water partition coefficient (Wildman–Crippen LogP) is -1.10. The summed E-state index contributed by atoms with van der Waals surface area (Å²) in [6.45, 7) is 3.28. The molecule has 1 aromatic heterocycles. The van der Waals surface area contributed by atoms with Gasteiger partial charge >= 0.3 is 0 Å². The van der Waals surface area contributed by atoms with Gasteiger partial charge in [-0.05, 0) is 6.92 Å². The molecule has 0 amide bonds. The molecule has 6 nitrogen and oxygen atoms in total. The second-order valence-corrected chi connectivity index (χ2v) is 1.93. The van der Waals surface area contributed by atoms with Crippen molar-refractivity contribution in [1.82, 2.24) is 15.0 Å². The third-order valence-corrected chi connectivity index (χ3v) is 0.985. The largest absolute Gasteiger partial charge is 0.385 e. The van der Waals surface area contributed by atoms with E-state index in [0.29, 0.717) is 0 Å². The Balaban J connectivity index is 3.08. The molecule has 1 radical (unpaired) electrons. The normalized spacial score (nSPS) is 12.9. The molecule has 1 heterocycles. The maximum atomic E-state index is 8.90. The Bertz CT molecular complexity index is 241. The van der Waals surface area contributed by atoms with Crippen molar-refractivity contribution in [2.75, 3.05) is 11.5 Å². The molecule has 1 unspecified atom stereocenters. The zero-order chi connectivity index (χ0) is 8.43. The Kier molecular flexibility index (Phi) is 1.86. The lowest BCUT2D eigenvalue weighted by molar-refractivity contribution is 0.215. The average molecular weight is 154 g/mol. The van der Waals surface area contributed by atoms with Crippen LogP contribution in [0.3, 0.4) is 0 Å². The highest BCUT2D eigenvalue weighted by atomic mass is 16.3. The fraction of sp³-hybridized carbons (Fsp3) is 0.200. The first-order valence-electron chi connectivity index (χ1n) is 2.87. The highest BCUT2D eigenvalue weighted by molar-refractivity contribution is 5.26. The summed E-state index contributed by atoms with van der Waals surface area (Å²) in [5.74, 6) is 0.0420. The summed E-state index contributed by atoms with van der Waals surface area (Å²) in [4.78, 5) is 10.7. The molecule has 0 fully saturated rings. The van der Waals surface area contributed by atoms with Crippen LogP contribution in [0.15, 0.2) is 0 Å². The molecule has 0 bridgehead atoms. The van der Waals surface area contributed by atoms with Gasteiger partial charge in [0.25, 0.3) is 0 Å². The van der Waals surface area contributed by atoms with Crippen LogP contribution in [0.5, 0.6) is 0 Å². The van der Waals surface area contributed by atoms with Gasteiger partial charge in [-0.25, -0.2) is 0 Å². The van der Waals surface area contributed by atoms with E-state index in [-0.39, 0.29) is 17.7 Å². The van der Waals surface area contributed by atoms with Crippen molar-refractivity contribution in [3.05, 3.63) is 12.7 Å². The van der Waals surface area contributed by atoms with E-state index in [1.165, 1.54) is 0 Å². The van der Waals surface area contributed by atoms with Gasteiger partial charge in [0.05, 0.1) is 0 Å². The molecule has 0 aliphatic heterocycles. The molecule has 59 valence electrons. The number of aliphatic hydroxyl groups excluding tert-OH is 1. The summed E-state index contributed by atoms with van der Waals surface area (Å²) in [7, 11) is 0.